The van der Waals surface area contributed by atoms with E-state index in [0.717, 1.165) is 50.2 Å². The maximum Gasteiger partial charge on any atom is 0.275 e. The van der Waals surface area contributed by atoms with E-state index in [2.05, 4.69) is 15.1 Å². The fourth-order valence-electron chi connectivity index (χ4n) is 3.49. The first-order valence-corrected chi connectivity index (χ1v) is 8.37. The second-order valence-electron chi connectivity index (χ2n) is 6.35. The molecule has 2 fully saturated rings. The van der Waals surface area contributed by atoms with Crippen molar-refractivity contribution in [3.63, 3.8) is 0 Å². The first-order valence-electron chi connectivity index (χ1n) is 8.37. The summed E-state index contributed by atoms with van der Waals surface area (Å²) in [6.45, 7) is 5.23. The Labute approximate surface area is 135 Å². The van der Waals surface area contributed by atoms with Crippen LogP contribution < -0.4 is 0 Å². The Morgan fingerprint density at radius 3 is 2.87 bits per heavy atom. The summed E-state index contributed by atoms with van der Waals surface area (Å²) in [5.74, 6) is 0.0271. The molecular formula is C17H22N4O2. The number of aromatic amines is 1. The van der Waals surface area contributed by atoms with Gasteiger partial charge in [0.15, 0.2) is 5.69 Å². The second-order valence-corrected chi connectivity index (χ2v) is 6.35. The minimum Gasteiger partial charge on any atom is -0.377 e. The van der Waals surface area contributed by atoms with Crippen molar-refractivity contribution in [2.75, 3.05) is 39.3 Å². The molecule has 0 aliphatic carbocycles. The Bertz CT molecular complexity index is 685. The van der Waals surface area contributed by atoms with Gasteiger partial charge in [-0.25, -0.2) is 0 Å². The zero-order valence-electron chi connectivity index (χ0n) is 13.2. The maximum absolute atomic E-state index is 12.7. The molecule has 6 nitrogen and oxygen atoms in total. The van der Waals surface area contributed by atoms with Gasteiger partial charge in [0.1, 0.15) is 0 Å². The lowest BCUT2D eigenvalue weighted by Gasteiger charge is -2.35. The standard InChI is InChI=1S/C17H22N4O2/c22-17(16-14-5-1-2-6-15(14)18-19-16)21-9-7-20(8-10-21)12-13-4-3-11-23-13/h1-2,5-6,13H,3-4,7-12H2,(H,18,19)/t13-/m0/s1. The van der Waals surface area contributed by atoms with Gasteiger partial charge in [0.05, 0.1) is 11.6 Å². The number of para-hydroxylation sites is 1. The van der Waals surface area contributed by atoms with Crippen molar-refractivity contribution in [1.29, 1.82) is 0 Å². The first kappa shape index (κ1) is 14.7. The summed E-state index contributed by atoms with van der Waals surface area (Å²) < 4.78 is 5.70. The van der Waals surface area contributed by atoms with E-state index in [1.807, 2.05) is 29.2 Å². The van der Waals surface area contributed by atoms with Crippen LogP contribution in [0.5, 0.6) is 0 Å². The number of benzene rings is 1. The molecule has 6 heteroatoms. The number of hydrogen-bond donors (Lipinski definition) is 1. The van der Waals surface area contributed by atoms with Crippen LogP contribution in [0.1, 0.15) is 23.3 Å². The quantitative estimate of drug-likeness (QED) is 0.932. The third kappa shape index (κ3) is 2.96. The van der Waals surface area contributed by atoms with Gasteiger partial charge >= 0.3 is 0 Å². The van der Waals surface area contributed by atoms with Gasteiger partial charge in [-0.3, -0.25) is 14.8 Å². The normalized spacial score (nSPS) is 22.8. The van der Waals surface area contributed by atoms with Crippen LogP contribution in [-0.4, -0.2) is 71.3 Å². The van der Waals surface area contributed by atoms with Gasteiger partial charge in [0, 0.05) is 44.7 Å². The van der Waals surface area contributed by atoms with Crippen molar-refractivity contribution in [1.82, 2.24) is 20.0 Å². The van der Waals surface area contributed by atoms with Crippen molar-refractivity contribution in [3.8, 4) is 0 Å². The van der Waals surface area contributed by atoms with Crippen molar-refractivity contribution >= 4 is 16.8 Å². The van der Waals surface area contributed by atoms with Crippen LogP contribution in [0.3, 0.4) is 0 Å². The minimum absolute atomic E-state index is 0.0271. The van der Waals surface area contributed by atoms with E-state index < -0.39 is 0 Å². The van der Waals surface area contributed by atoms with E-state index in [9.17, 15) is 4.79 Å². The largest absolute Gasteiger partial charge is 0.377 e. The van der Waals surface area contributed by atoms with E-state index in [0.29, 0.717) is 11.8 Å². The number of fused-ring (bicyclic) bond motifs is 1. The summed E-state index contributed by atoms with van der Waals surface area (Å²) in [4.78, 5) is 17.0. The van der Waals surface area contributed by atoms with Crippen LogP contribution in [0, 0.1) is 0 Å². The zero-order valence-corrected chi connectivity index (χ0v) is 13.2. The fourth-order valence-corrected chi connectivity index (χ4v) is 3.49. The zero-order chi connectivity index (χ0) is 15.6. The lowest BCUT2D eigenvalue weighted by Crippen LogP contribution is -2.50. The summed E-state index contributed by atoms with van der Waals surface area (Å²) >= 11 is 0. The maximum atomic E-state index is 12.7. The predicted molar refractivity (Wildman–Crippen MR) is 87.4 cm³/mol. The summed E-state index contributed by atoms with van der Waals surface area (Å²) in [6.07, 6.45) is 2.72. The third-order valence-electron chi connectivity index (χ3n) is 4.82. The topological polar surface area (TPSA) is 61.5 Å². The molecule has 2 aliphatic rings. The van der Waals surface area contributed by atoms with Crippen molar-refractivity contribution in [3.05, 3.63) is 30.0 Å². The van der Waals surface area contributed by atoms with Crippen molar-refractivity contribution < 1.29 is 9.53 Å². The highest BCUT2D eigenvalue weighted by Gasteiger charge is 2.27. The van der Waals surface area contributed by atoms with Gasteiger partial charge in [-0.1, -0.05) is 18.2 Å². The second kappa shape index (κ2) is 6.29. The summed E-state index contributed by atoms with van der Waals surface area (Å²) in [5.41, 5.74) is 1.45. The molecule has 1 atom stereocenters. The number of H-pyrrole nitrogens is 1. The molecule has 1 aromatic heterocycles. The number of ether oxygens (including phenoxy) is 1. The molecule has 0 saturated carbocycles. The Balaban J connectivity index is 1.39. The highest BCUT2D eigenvalue weighted by Crippen LogP contribution is 2.18. The molecule has 1 amide bonds. The molecule has 1 N–H and O–H groups in total. The van der Waals surface area contributed by atoms with E-state index in [1.165, 1.54) is 12.8 Å². The summed E-state index contributed by atoms with van der Waals surface area (Å²) in [5, 5.41) is 8.07. The molecule has 23 heavy (non-hydrogen) atoms. The van der Waals surface area contributed by atoms with Gasteiger partial charge < -0.3 is 9.64 Å². The van der Waals surface area contributed by atoms with Gasteiger partial charge in [-0.05, 0) is 18.9 Å². The van der Waals surface area contributed by atoms with Gasteiger partial charge in [-0.15, -0.1) is 0 Å². The van der Waals surface area contributed by atoms with Crippen LogP contribution >= 0.6 is 0 Å². The average Bonchev–Trinajstić information content (AvgIpc) is 3.24. The number of carbonyl (C=O) groups excluding carboxylic acids is 1. The molecule has 2 saturated heterocycles. The summed E-state index contributed by atoms with van der Waals surface area (Å²) in [6, 6.07) is 7.77. The molecule has 1 aromatic carbocycles. The lowest BCUT2D eigenvalue weighted by atomic mass is 10.1. The Hall–Kier alpha value is -1.92. The van der Waals surface area contributed by atoms with Crippen LogP contribution in [0.4, 0.5) is 0 Å². The van der Waals surface area contributed by atoms with Crippen LogP contribution in [0.25, 0.3) is 10.9 Å². The molecule has 0 bridgehead atoms. The molecule has 122 valence electrons. The molecule has 0 unspecified atom stereocenters. The number of hydrogen-bond acceptors (Lipinski definition) is 4. The van der Waals surface area contributed by atoms with E-state index in [-0.39, 0.29) is 5.91 Å². The van der Waals surface area contributed by atoms with E-state index >= 15 is 0 Å². The van der Waals surface area contributed by atoms with Crippen molar-refractivity contribution in [2.24, 2.45) is 0 Å². The van der Waals surface area contributed by atoms with Crippen molar-refractivity contribution in [2.45, 2.75) is 18.9 Å². The molecule has 0 spiro atoms. The molecule has 2 aliphatic heterocycles. The van der Waals surface area contributed by atoms with Gasteiger partial charge in [0.25, 0.3) is 5.91 Å². The van der Waals surface area contributed by atoms with E-state index in [1.54, 1.807) is 0 Å². The Morgan fingerprint density at radius 2 is 2.09 bits per heavy atom. The number of amides is 1. The predicted octanol–water partition coefficient (Wildman–Crippen LogP) is 1.50. The molecule has 2 aromatic rings. The lowest BCUT2D eigenvalue weighted by molar-refractivity contribution is 0.0431. The molecule has 4 rings (SSSR count). The highest BCUT2D eigenvalue weighted by molar-refractivity contribution is 6.04. The van der Waals surface area contributed by atoms with Crippen LogP contribution in [0.2, 0.25) is 0 Å². The molecule has 3 heterocycles. The Morgan fingerprint density at radius 1 is 1.26 bits per heavy atom. The minimum atomic E-state index is 0.0271. The SMILES string of the molecule is O=C(c1n[nH]c2ccccc12)N1CCN(C[C@@H]2CCCO2)CC1. The molecular weight excluding hydrogens is 292 g/mol. The van der Waals surface area contributed by atoms with Gasteiger partial charge in [0.2, 0.25) is 0 Å². The van der Waals surface area contributed by atoms with Crippen LogP contribution in [-0.2, 0) is 4.74 Å². The smallest absolute Gasteiger partial charge is 0.275 e. The number of piperazine rings is 1. The Kier molecular flexibility index (Phi) is 4.01. The van der Waals surface area contributed by atoms with Crippen LogP contribution in [0.15, 0.2) is 24.3 Å². The number of aromatic nitrogens is 2. The van der Waals surface area contributed by atoms with E-state index in [4.69, 9.17) is 4.74 Å². The number of rotatable bonds is 3. The number of nitrogens with zero attached hydrogens (tertiary/aromatic N) is 3. The summed E-state index contributed by atoms with van der Waals surface area (Å²) in [7, 11) is 0. The average molecular weight is 314 g/mol. The molecule has 0 radical (unpaired) electrons. The number of nitrogens with one attached hydrogen (secondary N) is 1. The van der Waals surface area contributed by atoms with Gasteiger partial charge in [-0.2, -0.15) is 5.10 Å². The fraction of sp³-hybridized carbons (Fsp3) is 0.529. The first-order chi connectivity index (χ1) is 11.3. The number of carbonyl (C=O) groups is 1. The highest BCUT2D eigenvalue weighted by atomic mass is 16.5. The monoisotopic (exact) mass is 314 g/mol. The third-order valence-corrected chi connectivity index (χ3v) is 4.82.